The van der Waals surface area contributed by atoms with Crippen LogP contribution in [-0.4, -0.2) is 11.5 Å². The van der Waals surface area contributed by atoms with Crippen molar-refractivity contribution in [2.45, 2.75) is 46.1 Å². The number of nitrogens with one attached hydrogen (secondary N) is 1. The Hall–Kier alpha value is -1.67. The molecule has 2 nitrogen and oxygen atoms in total. The first-order valence-corrected chi connectivity index (χ1v) is 7.90. The monoisotopic (exact) mass is 282 g/mol. The number of aryl methyl sites for hydroxylation is 3. The number of hydrogen-bond donors (Lipinski definition) is 1. The van der Waals surface area contributed by atoms with Crippen LogP contribution >= 0.6 is 0 Å². The Labute approximate surface area is 128 Å². The minimum absolute atomic E-state index is 0.386. The van der Waals surface area contributed by atoms with Crippen LogP contribution in [0.3, 0.4) is 0 Å². The van der Waals surface area contributed by atoms with Crippen molar-refractivity contribution in [3.8, 4) is 0 Å². The zero-order valence-corrected chi connectivity index (χ0v) is 13.4. The third kappa shape index (κ3) is 4.68. The van der Waals surface area contributed by atoms with E-state index in [0.717, 1.165) is 25.8 Å². The average Bonchev–Trinajstić information content (AvgIpc) is 2.49. The van der Waals surface area contributed by atoms with Crippen LogP contribution < -0.4 is 5.32 Å². The van der Waals surface area contributed by atoms with E-state index in [-0.39, 0.29) is 0 Å². The van der Waals surface area contributed by atoms with Crippen LogP contribution in [0.1, 0.15) is 48.1 Å². The Bertz CT molecular complexity index is 563. The van der Waals surface area contributed by atoms with E-state index in [9.17, 15) is 0 Å². The molecule has 0 aliphatic heterocycles. The Kier molecular flexibility index (Phi) is 5.94. The van der Waals surface area contributed by atoms with Gasteiger partial charge in [0, 0.05) is 18.4 Å². The SMILES string of the molecule is CCCNC(CCc1ccccc1C)c1cncc(C)c1. The van der Waals surface area contributed by atoms with Gasteiger partial charge in [-0.15, -0.1) is 0 Å². The highest BCUT2D eigenvalue weighted by Gasteiger charge is 2.12. The number of hydrogen-bond acceptors (Lipinski definition) is 2. The first kappa shape index (κ1) is 15.7. The maximum absolute atomic E-state index is 4.35. The third-order valence-electron chi connectivity index (χ3n) is 3.90. The van der Waals surface area contributed by atoms with Gasteiger partial charge >= 0.3 is 0 Å². The summed E-state index contributed by atoms with van der Waals surface area (Å²) < 4.78 is 0. The predicted molar refractivity (Wildman–Crippen MR) is 89.5 cm³/mol. The Morgan fingerprint density at radius 3 is 2.67 bits per heavy atom. The van der Waals surface area contributed by atoms with E-state index < -0.39 is 0 Å². The average molecular weight is 282 g/mol. The molecule has 2 rings (SSSR count). The molecule has 1 heterocycles. The molecule has 0 saturated carbocycles. The normalized spacial score (nSPS) is 12.3. The fourth-order valence-electron chi connectivity index (χ4n) is 2.66. The number of benzene rings is 1. The van der Waals surface area contributed by atoms with Gasteiger partial charge in [-0.3, -0.25) is 4.98 Å². The molecule has 1 N–H and O–H groups in total. The highest BCUT2D eigenvalue weighted by molar-refractivity contribution is 5.26. The molecule has 1 atom stereocenters. The van der Waals surface area contributed by atoms with Gasteiger partial charge < -0.3 is 5.32 Å². The smallest absolute Gasteiger partial charge is 0.0338 e. The van der Waals surface area contributed by atoms with E-state index in [1.165, 1.54) is 22.3 Å². The van der Waals surface area contributed by atoms with Crippen LogP contribution in [0.2, 0.25) is 0 Å². The minimum Gasteiger partial charge on any atom is -0.310 e. The lowest BCUT2D eigenvalue weighted by atomic mass is 9.97. The van der Waals surface area contributed by atoms with E-state index in [0.29, 0.717) is 6.04 Å². The molecular weight excluding hydrogens is 256 g/mol. The molecule has 1 aromatic heterocycles. The lowest BCUT2D eigenvalue weighted by molar-refractivity contribution is 0.497. The van der Waals surface area contributed by atoms with Crippen molar-refractivity contribution in [1.29, 1.82) is 0 Å². The summed E-state index contributed by atoms with van der Waals surface area (Å²) in [6.07, 6.45) is 7.28. The van der Waals surface area contributed by atoms with Crippen LogP contribution in [0, 0.1) is 13.8 Å². The van der Waals surface area contributed by atoms with E-state index in [1.807, 2.05) is 12.4 Å². The van der Waals surface area contributed by atoms with Crippen molar-refractivity contribution in [2.75, 3.05) is 6.54 Å². The highest BCUT2D eigenvalue weighted by atomic mass is 14.9. The maximum atomic E-state index is 4.35. The number of aromatic nitrogens is 1. The van der Waals surface area contributed by atoms with Crippen LogP contribution in [-0.2, 0) is 6.42 Å². The quantitative estimate of drug-likeness (QED) is 0.815. The van der Waals surface area contributed by atoms with E-state index >= 15 is 0 Å². The molecule has 2 aromatic rings. The van der Waals surface area contributed by atoms with E-state index in [1.54, 1.807) is 0 Å². The molecule has 0 bridgehead atoms. The number of rotatable bonds is 7. The molecule has 2 heteroatoms. The third-order valence-corrected chi connectivity index (χ3v) is 3.90. The van der Waals surface area contributed by atoms with Crippen LogP contribution in [0.4, 0.5) is 0 Å². The van der Waals surface area contributed by atoms with Crippen molar-refractivity contribution < 1.29 is 0 Å². The standard InChI is InChI=1S/C19H26N2/c1-4-11-21-19(18-12-15(2)13-20-14-18)10-9-17-8-6-5-7-16(17)3/h5-8,12-14,19,21H,4,9-11H2,1-3H3. The molecule has 0 aliphatic rings. The largest absolute Gasteiger partial charge is 0.310 e. The first-order chi connectivity index (χ1) is 10.2. The summed E-state index contributed by atoms with van der Waals surface area (Å²) in [6.45, 7) is 7.55. The molecule has 0 fully saturated rings. The highest BCUT2D eigenvalue weighted by Crippen LogP contribution is 2.21. The minimum atomic E-state index is 0.386. The van der Waals surface area contributed by atoms with Crippen molar-refractivity contribution in [3.63, 3.8) is 0 Å². The lowest BCUT2D eigenvalue weighted by Gasteiger charge is -2.19. The summed E-state index contributed by atoms with van der Waals surface area (Å²) in [5, 5.41) is 3.66. The Morgan fingerprint density at radius 1 is 1.14 bits per heavy atom. The maximum Gasteiger partial charge on any atom is 0.0338 e. The summed E-state index contributed by atoms with van der Waals surface area (Å²) in [6, 6.07) is 11.3. The van der Waals surface area contributed by atoms with Gasteiger partial charge in [-0.1, -0.05) is 37.3 Å². The molecule has 0 aliphatic carbocycles. The van der Waals surface area contributed by atoms with Gasteiger partial charge in [0.15, 0.2) is 0 Å². The predicted octanol–water partition coefficient (Wildman–Crippen LogP) is 4.37. The second kappa shape index (κ2) is 7.94. The molecule has 21 heavy (non-hydrogen) atoms. The molecule has 0 spiro atoms. The van der Waals surface area contributed by atoms with Crippen molar-refractivity contribution in [3.05, 3.63) is 65.0 Å². The second-order valence-electron chi connectivity index (χ2n) is 5.77. The summed E-state index contributed by atoms with van der Waals surface area (Å²) >= 11 is 0. The number of pyridine rings is 1. The van der Waals surface area contributed by atoms with Crippen LogP contribution in [0.15, 0.2) is 42.7 Å². The van der Waals surface area contributed by atoms with E-state index in [4.69, 9.17) is 0 Å². The van der Waals surface area contributed by atoms with Gasteiger partial charge in [0.05, 0.1) is 0 Å². The number of nitrogens with zero attached hydrogens (tertiary/aromatic N) is 1. The van der Waals surface area contributed by atoms with Crippen molar-refractivity contribution in [2.24, 2.45) is 0 Å². The molecule has 1 unspecified atom stereocenters. The summed E-state index contributed by atoms with van der Waals surface area (Å²) in [5.41, 5.74) is 5.36. The van der Waals surface area contributed by atoms with Crippen molar-refractivity contribution >= 4 is 0 Å². The van der Waals surface area contributed by atoms with E-state index in [2.05, 4.69) is 61.4 Å². The molecule has 1 aromatic carbocycles. The van der Waals surface area contributed by atoms with Gasteiger partial charge in [0.2, 0.25) is 0 Å². The lowest BCUT2D eigenvalue weighted by Crippen LogP contribution is -2.23. The van der Waals surface area contributed by atoms with Crippen LogP contribution in [0.25, 0.3) is 0 Å². The molecular formula is C19H26N2. The molecule has 0 saturated heterocycles. The molecule has 112 valence electrons. The molecule has 0 amide bonds. The Balaban J connectivity index is 2.08. The second-order valence-corrected chi connectivity index (χ2v) is 5.77. The first-order valence-electron chi connectivity index (χ1n) is 7.90. The zero-order chi connectivity index (χ0) is 15.1. The molecule has 0 radical (unpaired) electrons. The summed E-state index contributed by atoms with van der Waals surface area (Å²) in [5.74, 6) is 0. The van der Waals surface area contributed by atoms with Gasteiger partial charge in [0.1, 0.15) is 0 Å². The van der Waals surface area contributed by atoms with Gasteiger partial charge in [0.25, 0.3) is 0 Å². The van der Waals surface area contributed by atoms with Crippen LogP contribution in [0.5, 0.6) is 0 Å². The Morgan fingerprint density at radius 2 is 1.95 bits per heavy atom. The summed E-state index contributed by atoms with van der Waals surface area (Å²) in [7, 11) is 0. The van der Waals surface area contributed by atoms with Crippen molar-refractivity contribution in [1.82, 2.24) is 10.3 Å². The fraction of sp³-hybridized carbons (Fsp3) is 0.421. The fourth-order valence-corrected chi connectivity index (χ4v) is 2.66. The van der Waals surface area contributed by atoms with Gasteiger partial charge in [-0.25, -0.2) is 0 Å². The summed E-state index contributed by atoms with van der Waals surface area (Å²) in [4.78, 5) is 4.35. The van der Waals surface area contributed by atoms with Gasteiger partial charge in [-0.2, -0.15) is 0 Å². The van der Waals surface area contributed by atoms with Gasteiger partial charge in [-0.05, 0) is 61.9 Å². The topological polar surface area (TPSA) is 24.9 Å². The zero-order valence-electron chi connectivity index (χ0n) is 13.4.